The average Bonchev–Trinajstić information content (AvgIpc) is 3.22. The molecule has 11 nitrogen and oxygen atoms in total. The molecule has 1 aliphatic rings. The van der Waals surface area contributed by atoms with E-state index in [9.17, 15) is 19.7 Å². The Morgan fingerprint density at radius 2 is 2.16 bits per heavy atom. The quantitative estimate of drug-likeness (QED) is 0.388. The van der Waals surface area contributed by atoms with Crippen LogP contribution in [0.3, 0.4) is 0 Å². The summed E-state index contributed by atoms with van der Waals surface area (Å²) in [6.07, 6.45) is 3.47. The predicted octanol–water partition coefficient (Wildman–Crippen LogP) is -0.363. The lowest BCUT2D eigenvalue weighted by atomic mass is 9.72. The lowest BCUT2D eigenvalue weighted by Crippen LogP contribution is -2.53. The van der Waals surface area contributed by atoms with Crippen molar-refractivity contribution in [3.05, 3.63) is 59.5 Å². The van der Waals surface area contributed by atoms with Crippen molar-refractivity contribution in [2.45, 2.75) is 25.5 Å². The van der Waals surface area contributed by atoms with Crippen LogP contribution >= 0.6 is 0 Å². The number of benzene rings is 1. The van der Waals surface area contributed by atoms with Crippen LogP contribution in [0, 0.1) is 0 Å². The van der Waals surface area contributed by atoms with Crippen LogP contribution in [-0.4, -0.2) is 55.0 Å². The molecule has 1 aliphatic heterocycles. The lowest BCUT2D eigenvalue weighted by Gasteiger charge is -2.28. The molecule has 0 radical (unpaired) electrons. The number of hydrogen-bond acceptors (Lipinski definition) is 8. The van der Waals surface area contributed by atoms with Gasteiger partial charge in [0.1, 0.15) is 18.0 Å². The van der Waals surface area contributed by atoms with Gasteiger partial charge in [-0.05, 0) is 30.2 Å². The molecule has 4 rings (SSSR count). The van der Waals surface area contributed by atoms with Gasteiger partial charge in [0.25, 0.3) is 0 Å². The van der Waals surface area contributed by atoms with Crippen LogP contribution in [-0.2, 0) is 24.3 Å². The minimum atomic E-state index is -1.38. The van der Waals surface area contributed by atoms with Gasteiger partial charge in [0.05, 0.1) is 23.4 Å². The molecule has 158 valence electrons. The largest absolute Gasteiger partial charge is 0.547 e. The van der Waals surface area contributed by atoms with E-state index in [1.54, 1.807) is 30.6 Å². The third kappa shape index (κ3) is 4.39. The molecule has 0 spiro atoms. The highest BCUT2D eigenvalue weighted by molar-refractivity contribution is 6.47. The zero-order valence-corrected chi connectivity index (χ0v) is 16.3. The molecule has 0 fully saturated rings. The van der Waals surface area contributed by atoms with Gasteiger partial charge >= 0.3 is 13.1 Å². The second kappa shape index (κ2) is 8.54. The van der Waals surface area contributed by atoms with Crippen LogP contribution in [0.15, 0.2) is 42.7 Å². The number of nitrogens with one attached hydrogen (secondary N) is 1. The number of carbonyl (C=O) groups is 2. The summed E-state index contributed by atoms with van der Waals surface area (Å²) in [4.78, 5) is 28.0. The number of aromatic carboxylic acids is 1. The molecule has 0 unspecified atom stereocenters. The lowest BCUT2D eigenvalue weighted by molar-refractivity contribution is -0.122. The summed E-state index contributed by atoms with van der Waals surface area (Å²) in [6, 6.07) is 8.30. The Morgan fingerprint density at radius 1 is 1.32 bits per heavy atom. The zero-order chi connectivity index (χ0) is 22.0. The standard InChI is InChI=1S/C19H19BN6O5/c21-7-13-5-4-12(8-22-13)15-9-26(25-24-15)10-17(27)23-16-6-11-2-1-3-14(19(28)29)18(11)31-20(16)30/h1-5,8-9,16,30H,6-7,10,21H2,(H,23,27)(H,28,29)/t16-/m0/s1. The van der Waals surface area contributed by atoms with E-state index >= 15 is 0 Å². The van der Waals surface area contributed by atoms with E-state index < -0.39 is 24.9 Å². The fraction of sp³-hybridized carbons (Fsp3) is 0.211. The average molecular weight is 422 g/mol. The highest BCUT2D eigenvalue weighted by atomic mass is 16.5. The molecule has 0 aliphatic carbocycles. The van der Waals surface area contributed by atoms with E-state index in [0.29, 0.717) is 17.8 Å². The van der Waals surface area contributed by atoms with Crippen molar-refractivity contribution in [3.8, 4) is 17.0 Å². The number of pyridine rings is 1. The van der Waals surface area contributed by atoms with Crippen molar-refractivity contribution in [2.24, 2.45) is 5.73 Å². The number of nitrogens with zero attached hydrogens (tertiary/aromatic N) is 4. The molecule has 3 heterocycles. The van der Waals surface area contributed by atoms with Crippen LogP contribution in [0.1, 0.15) is 21.6 Å². The maximum Gasteiger partial charge on any atom is 0.547 e. The van der Waals surface area contributed by atoms with Crippen LogP contribution < -0.4 is 15.7 Å². The molecule has 1 amide bonds. The van der Waals surface area contributed by atoms with Gasteiger partial charge in [0.15, 0.2) is 0 Å². The molecule has 3 aromatic rings. The van der Waals surface area contributed by atoms with Gasteiger partial charge in [0.2, 0.25) is 5.91 Å². The van der Waals surface area contributed by atoms with Gasteiger partial charge in [-0.25, -0.2) is 9.48 Å². The summed E-state index contributed by atoms with van der Waals surface area (Å²) < 4.78 is 6.75. The van der Waals surface area contributed by atoms with E-state index in [1.165, 1.54) is 10.7 Å². The topological polar surface area (TPSA) is 165 Å². The number of amides is 1. The van der Waals surface area contributed by atoms with Crippen molar-refractivity contribution in [3.63, 3.8) is 0 Å². The predicted molar refractivity (Wildman–Crippen MR) is 109 cm³/mol. The number of carboxylic acids is 1. The van der Waals surface area contributed by atoms with Gasteiger partial charge in [-0.15, -0.1) is 5.10 Å². The Hall–Kier alpha value is -3.77. The number of rotatable bonds is 6. The Labute approximate surface area is 177 Å². The van der Waals surface area contributed by atoms with Gasteiger partial charge < -0.3 is 25.8 Å². The number of fused-ring (bicyclic) bond motifs is 1. The Morgan fingerprint density at radius 3 is 2.87 bits per heavy atom. The smallest absolute Gasteiger partial charge is 0.534 e. The normalized spacial score (nSPS) is 15.2. The fourth-order valence-electron chi connectivity index (χ4n) is 3.32. The molecule has 1 atom stereocenters. The number of carbonyl (C=O) groups excluding carboxylic acids is 1. The minimum Gasteiger partial charge on any atom is -0.534 e. The minimum absolute atomic E-state index is 0.0366. The molecule has 12 heteroatoms. The van der Waals surface area contributed by atoms with Gasteiger partial charge in [0, 0.05) is 18.3 Å². The summed E-state index contributed by atoms with van der Waals surface area (Å²) in [6.45, 7) is 0.221. The SMILES string of the molecule is NCc1ccc(-c2cn(CC(=O)N[C@H]3Cc4cccc(C(=O)O)c4OB3O)nn2)cn1. The van der Waals surface area contributed by atoms with Crippen LogP contribution in [0.5, 0.6) is 5.75 Å². The first-order chi connectivity index (χ1) is 14.9. The van der Waals surface area contributed by atoms with Crippen molar-refractivity contribution < 1.29 is 24.4 Å². The van der Waals surface area contributed by atoms with Gasteiger partial charge in [-0.2, -0.15) is 0 Å². The summed E-state index contributed by atoms with van der Waals surface area (Å²) in [5.74, 6) is -2.18. The molecule has 1 aromatic carbocycles. The van der Waals surface area contributed by atoms with E-state index in [1.807, 2.05) is 6.07 Å². The molecular formula is C19H19BN6O5. The molecule has 31 heavy (non-hydrogen) atoms. The first-order valence-corrected chi connectivity index (χ1v) is 9.49. The van der Waals surface area contributed by atoms with Crippen LogP contribution in [0.2, 0.25) is 0 Å². The van der Waals surface area contributed by atoms with Gasteiger partial charge in [-0.1, -0.05) is 17.3 Å². The monoisotopic (exact) mass is 422 g/mol. The van der Waals surface area contributed by atoms with Crippen molar-refractivity contribution in [1.29, 1.82) is 0 Å². The number of carboxylic acid groups (broad SMARTS) is 1. The Kier molecular flexibility index (Phi) is 5.65. The van der Waals surface area contributed by atoms with E-state index in [-0.39, 0.29) is 24.3 Å². The first kappa shape index (κ1) is 20.5. The Bertz CT molecular complexity index is 1120. The first-order valence-electron chi connectivity index (χ1n) is 9.49. The number of para-hydroxylation sites is 1. The highest BCUT2D eigenvalue weighted by Gasteiger charge is 2.37. The van der Waals surface area contributed by atoms with E-state index in [2.05, 4.69) is 20.6 Å². The molecule has 5 N–H and O–H groups in total. The number of aromatic nitrogens is 4. The van der Waals surface area contributed by atoms with E-state index in [4.69, 9.17) is 10.4 Å². The molecule has 0 saturated carbocycles. The summed E-state index contributed by atoms with van der Waals surface area (Å²) in [5.41, 5.74) is 8.14. The molecule has 0 saturated heterocycles. The highest BCUT2D eigenvalue weighted by Crippen LogP contribution is 2.30. The fourth-order valence-corrected chi connectivity index (χ4v) is 3.32. The van der Waals surface area contributed by atoms with Crippen molar-refractivity contribution >= 4 is 19.0 Å². The third-order valence-corrected chi connectivity index (χ3v) is 4.87. The van der Waals surface area contributed by atoms with Crippen molar-refractivity contribution in [2.75, 3.05) is 0 Å². The maximum absolute atomic E-state index is 12.5. The van der Waals surface area contributed by atoms with Gasteiger partial charge in [-0.3, -0.25) is 9.78 Å². The second-order valence-electron chi connectivity index (χ2n) is 7.03. The second-order valence-corrected chi connectivity index (χ2v) is 7.03. The molecule has 0 bridgehead atoms. The van der Waals surface area contributed by atoms with Crippen molar-refractivity contribution in [1.82, 2.24) is 25.3 Å². The molecule has 2 aromatic heterocycles. The summed E-state index contributed by atoms with van der Waals surface area (Å²) in [7, 11) is -1.38. The number of nitrogens with two attached hydrogens (primary N) is 1. The Balaban J connectivity index is 1.41. The maximum atomic E-state index is 12.5. The van der Waals surface area contributed by atoms with Crippen LogP contribution in [0.25, 0.3) is 11.3 Å². The zero-order valence-electron chi connectivity index (χ0n) is 16.3. The molecular weight excluding hydrogens is 403 g/mol. The number of hydrogen-bond donors (Lipinski definition) is 4. The van der Waals surface area contributed by atoms with Crippen LogP contribution in [0.4, 0.5) is 0 Å². The summed E-state index contributed by atoms with van der Waals surface area (Å²) in [5, 5.41) is 30.2. The summed E-state index contributed by atoms with van der Waals surface area (Å²) >= 11 is 0. The third-order valence-electron chi connectivity index (χ3n) is 4.87. The van der Waals surface area contributed by atoms with E-state index in [0.717, 1.165) is 11.3 Å².